The van der Waals surface area contributed by atoms with Crippen molar-refractivity contribution >= 4 is 0 Å². The highest BCUT2D eigenvalue weighted by Gasteiger charge is 2.46. The van der Waals surface area contributed by atoms with E-state index in [1.807, 2.05) is 12.1 Å². The van der Waals surface area contributed by atoms with Gasteiger partial charge in [0.25, 0.3) is 0 Å². The van der Waals surface area contributed by atoms with Gasteiger partial charge in [-0.3, -0.25) is 0 Å². The Hall–Kier alpha value is -0.930. The van der Waals surface area contributed by atoms with Gasteiger partial charge < -0.3 is 10.5 Å². The molecule has 21 heavy (non-hydrogen) atoms. The fourth-order valence-corrected chi connectivity index (χ4v) is 3.95. The molecule has 0 bridgehead atoms. The molecule has 3 heteroatoms. The summed E-state index contributed by atoms with van der Waals surface area (Å²) in [5, 5.41) is 0. The van der Waals surface area contributed by atoms with Gasteiger partial charge in [-0.05, 0) is 55.7 Å². The van der Waals surface area contributed by atoms with E-state index in [2.05, 4.69) is 13.8 Å². The third kappa shape index (κ3) is 2.74. The fourth-order valence-electron chi connectivity index (χ4n) is 3.95. The molecule has 0 radical (unpaired) electrons. The van der Waals surface area contributed by atoms with Gasteiger partial charge in [-0.15, -0.1) is 0 Å². The largest absolute Gasteiger partial charge is 0.375 e. The summed E-state index contributed by atoms with van der Waals surface area (Å²) >= 11 is 0. The highest BCUT2D eigenvalue weighted by molar-refractivity contribution is 5.27. The Morgan fingerprint density at radius 3 is 2.52 bits per heavy atom. The van der Waals surface area contributed by atoms with Crippen molar-refractivity contribution in [3.8, 4) is 0 Å². The van der Waals surface area contributed by atoms with Crippen molar-refractivity contribution in [3.05, 3.63) is 35.6 Å². The summed E-state index contributed by atoms with van der Waals surface area (Å²) in [7, 11) is 0. The highest BCUT2D eigenvalue weighted by Crippen LogP contribution is 2.46. The third-order valence-electron chi connectivity index (χ3n) is 5.73. The van der Waals surface area contributed by atoms with Crippen LogP contribution in [0.2, 0.25) is 0 Å². The Morgan fingerprint density at radius 1 is 1.29 bits per heavy atom. The van der Waals surface area contributed by atoms with Crippen molar-refractivity contribution in [3.63, 3.8) is 0 Å². The summed E-state index contributed by atoms with van der Waals surface area (Å²) < 4.78 is 19.1. The van der Waals surface area contributed by atoms with Gasteiger partial charge in [0.05, 0.1) is 5.60 Å². The van der Waals surface area contributed by atoms with Crippen LogP contribution < -0.4 is 5.73 Å². The first kappa shape index (κ1) is 15.0. The zero-order valence-corrected chi connectivity index (χ0v) is 13.1. The minimum atomic E-state index is -0.192. The van der Waals surface area contributed by atoms with Crippen LogP contribution in [0, 0.1) is 11.7 Å². The molecule has 3 rings (SSSR count). The van der Waals surface area contributed by atoms with Gasteiger partial charge in [-0.25, -0.2) is 4.39 Å². The zero-order valence-electron chi connectivity index (χ0n) is 13.1. The number of benzene rings is 1. The minimum Gasteiger partial charge on any atom is -0.375 e. The Kier molecular flexibility index (Phi) is 3.83. The van der Waals surface area contributed by atoms with E-state index in [4.69, 9.17) is 10.5 Å². The zero-order chi connectivity index (χ0) is 15.1. The number of hydrogen-bond donors (Lipinski definition) is 1. The van der Waals surface area contributed by atoms with E-state index in [1.54, 1.807) is 0 Å². The first-order valence-electron chi connectivity index (χ1n) is 8.09. The second-order valence-electron chi connectivity index (χ2n) is 7.39. The molecule has 2 nitrogen and oxygen atoms in total. The quantitative estimate of drug-likeness (QED) is 0.920. The van der Waals surface area contributed by atoms with Crippen LogP contribution in [-0.2, 0) is 10.2 Å². The molecule has 116 valence electrons. The molecule has 1 aromatic rings. The molecule has 2 unspecified atom stereocenters. The van der Waals surface area contributed by atoms with Crippen LogP contribution in [0.1, 0.15) is 51.5 Å². The summed E-state index contributed by atoms with van der Waals surface area (Å²) in [6.45, 7) is 5.18. The molecular weight excluding hydrogens is 265 g/mol. The molecule has 0 amide bonds. The van der Waals surface area contributed by atoms with Crippen LogP contribution in [0.25, 0.3) is 0 Å². The fraction of sp³-hybridized carbons (Fsp3) is 0.667. The maximum Gasteiger partial charge on any atom is 0.123 e. The Morgan fingerprint density at radius 2 is 1.95 bits per heavy atom. The van der Waals surface area contributed by atoms with Gasteiger partial charge in [0, 0.05) is 18.1 Å². The first-order chi connectivity index (χ1) is 9.93. The predicted octanol–water partition coefficient (Wildman–Crippen LogP) is 3.78. The standard InChI is InChI=1S/C18H26FNO/c1-17(2,14-4-6-15(19)7-5-14)16(20)13-8-11-21-18(12-13)9-3-10-18/h4-7,13,16H,3,8-12,20H2,1-2H3. The molecular formula is C18H26FNO. The van der Waals surface area contributed by atoms with Crippen LogP contribution in [0.5, 0.6) is 0 Å². The number of rotatable bonds is 3. The van der Waals surface area contributed by atoms with Crippen molar-refractivity contribution in [2.45, 2.75) is 63.0 Å². The number of ether oxygens (including phenoxy) is 1. The molecule has 1 aliphatic heterocycles. The van der Waals surface area contributed by atoms with Gasteiger partial charge in [0.2, 0.25) is 0 Å². The summed E-state index contributed by atoms with van der Waals surface area (Å²) in [6, 6.07) is 6.87. The lowest BCUT2D eigenvalue weighted by atomic mass is 9.65. The van der Waals surface area contributed by atoms with Crippen molar-refractivity contribution in [1.82, 2.24) is 0 Å². The summed E-state index contributed by atoms with van der Waals surface area (Å²) in [5.41, 5.74) is 7.74. The van der Waals surface area contributed by atoms with Gasteiger partial charge in [-0.1, -0.05) is 26.0 Å². The van der Waals surface area contributed by atoms with E-state index in [-0.39, 0.29) is 22.9 Å². The molecule has 1 saturated carbocycles. The van der Waals surface area contributed by atoms with Crippen molar-refractivity contribution < 1.29 is 9.13 Å². The molecule has 2 fully saturated rings. The average molecular weight is 291 g/mol. The molecule has 1 spiro atoms. The molecule has 1 aliphatic carbocycles. The maximum atomic E-state index is 13.1. The highest BCUT2D eigenvalue weighted by atomic mass is 19.1. The third-order valence-corrected chi connectivity index (χ3v) is 5.73. The molecule has 2 aliphatic rings. The number of hydrogen-bond acceptors (Lipinski definition) is 2. The molecule has 2 atom stereocenters. The van der Waals surface area contributed by atoms with Crippen LogP contribution in [0.3, 0.4) is 0 Å². The van der Waals surface area contributed by atoms with Gasteiger partial charge >= 0.3 is 0 Å². The molecule has 1 heterocycles. The maximum absolute atomic E-state index is 13.1. The van der Waals surface area contributed by atoms with Gasteiger partial charge in [0.15, 0.2) is 0 Å². The lowest BCUT2D eigenvalue weighted by molar-refractivity contribution is -0.147. The van der Waals surface area contributed by atoms with Crippen LogP contribution in [-0.4, -0.2) is 18.2 Å². The van der Waals surface area contributed by atoms with Gasteiger partial charge in [0.1, 0.15) is 5.82 Å². The van der Waals surface area contributed by atoms with Gasteiger partial charge in [-0.2, -0.15) is 0 Å². The minimum absolute atomic E-state index is 0.0735. The van der Waals surface area contributed by atoms with Crippen LogP contribution in [0.15, 0.2) is 24.3 Å². The lowest BCUT2D eigenvalue weighted by Gasteiger charge is -2.50. The second-order valence-corrected chi connectivity index (χ2v) is 7.39. The van der Waals surface area contributed by atoms with Crippen molar-refractivity contribution in [2.24, 2.45) is 11.7 Å². The Bertz CT molecular complexity index is 492. The lowest BCUT2D eigenvalue weighted by Crippen LogP contribution is -2.54. The SMILES string of the molecule is CC(C)(c1ccc(F)cc1)C(N)C1CCOC2(CCC2)C1. The van der Waals surface area contributed by atoms with Crippen LogP contribution >= 0.6 is 0 Å². The van der Waals surface area contributed by atoms with Crippen molar-refractivity contribution in [2.75, 3.05) is 6.61 Å². The summed E-state index contributed by atoms with van der Waals surface area (Å²) in [6.07, 6.45) is 5.77. The van der Waals surface area contributed by atoms with E-state index >= 15 is 0 Å². The Balaban J connectivity index is 1.76. The molecule has 1 saturated heterocycles. The topological polar surface area (TPSA) is 35.2 Å². The van der Waals surface area contributed by atoms with Crippen LogP contribution in [0.4, 0.5) is 4.39 Å². The van der Waals surface area contributed by atoms with E-state index in [0.717, 1.165) is 25.0 Å². The monoisotopic (exact) mass is 291 g/mol. The van der Waals surface area contributed by atoms with E-state index in [0.29, 0.717) is 5.92 Å². The molecule has 1 aromatic carbocycles. The number of nitrogens with two attached hydrogens (primary N) is 1. The average Bonchev–Trinajstić information content (AvgIpc) is 2.45. The van der Waals surface area contributed by atoms with E-state index in [1.165, 1.54) is 31.4 Å². The smallest absolute Gasteiger partial charge is 0.123 e. The predicted molar refractivity (Wildman–Crippen MR) is 82.7 cm³/mol. The second kappa shape index (κ2) is 5.36. The Labute approximate surface area is 126 Å². The summed E-state index contributed by atoms with van der Waals surface area (Å²) in [5.74, 6) is 0.293. The molecule has 2 N–H and O–H groups in total. The normalized spacial score (nSPS) is 26.4. The first-order valence-corrected chi connectivity index (χ1v) is 8.09. The van der Waals surface area contributed by atoms with E-state index in [9.17, 15) is 4.39 Å². The van der Waals surface area contributed by atoms with Crippen molar-refractivity contribution in [1.29, 1.82) is 0 Å². The molecule has 0 aromatic heterocycles. The summed E-state index contributed by atoms with van der Waals surface area (Å²) in [4.78, 5) is 0. The van der Waals surface area contributed by atoms with E-state index < -0.39 is 0 Å². The number of halogens is 1.